The second-order valence-electron chi connectivity index (χ2n) is 7.64. The van der Waals surface area contributed by atoms with Gasteiger partial charge in [0.25, 0.3) is 0 Å². The first-order chi connectivity index (χ1) is 11.8. The molecular formula is C22H32ClN. The Morgan fingerprint density at radius 3 is 2.58 bits per heavy atom. The monoisotopic (exact) mass is 345 g/mol. The van der Waals surface area contributed by atoms with Gasteiger partial charge in [-0.1, -0.05) is 82.4 Å². The van der Waals surface area contributed by atoms with Crippen LogP contribution < -0.4 is 0 Å². The van der Waals surface area contributed by atoms with Crippen molar-refractivity contribution in [3.8, 4) is 0 Å². The van der Waals surface area contributed by atoms with Crippen molar-refractivity contribution in [2.24, 2.45) is 5.92 Å². The lowest BCUT2D eigenvalue weighted by Gasteiger charge is -2.22. The van der Waals surface area contributed by atoms with Crippen LogP contribution in [0.2, 0.25) is 5.02 Å². The number of aryl methyl sites for hydroxylation is 1. The highest BCUT2D eigenvalue weighted by Gasteiger charge is 2.22. The van der Waals surface area contributed by atoms with E-state index in [-0.39, 0.29) is 0 Å². The molecule has 24 heavy (non-hydrogen) atoms. The largest absolute Gasteiger partial charge is 0.358 e. The predicted molar refractivity (Wildman–Crippen MR) is 106 cm³/mol. The molecule has 0 aliphatic heterocycles. The quantitative estimate of drug-likeness (QED) is 0.454. The Bertz CT molecular complexity index is 643. The van der Waals surface area contributed by atoms with Crippen molar-refractivity contribution in [3.63, 3.8) is 0 Å². The van der Waals surface area contributed by atoms with Gasteiger partial charge in [-0.25, -0.2) is 0 Å². The van der Waals surface area contributed by atoms with Crippen molar-refractivity contribution in [1.29, 1.82) is 0 Å². The molecule has 0 amide bonds. The average Bonchev–Trinajstić information content (AvgIpc) is 2.94. The number of hydrogen-bond acceptors (Lipinski definition) is 0. The standard InChI is InChI=1S/C22H32ClN/c1-2-3-4-5-6-7-8-9-10-17-11-14-21-20(15-17)19-13-12-18(23)16-22(19)24-21/h12-13,16-17,24H,2-11,14-15H2,1H3. The van der Waals surface area contributed by atoms with Crippen molar-refractivity contribution in [2.45, 2.75) is 84.0 Å². The summed E-state index contributed by atoms with van der Waals surface area (Å²) in [7, 11) is 0. The molecule has 0 radical (unpaired) electrons. The molecular weight excluding hydrogens is 314 g/mol. The highest BCUT2D eigenvalue weighted by atomic mass is 35.5. The maximum Gasteiger partial charge on any atom is 0.0473 e. The van der Waals surface area contributed by atoms with Gasteiger partial charge >= 0.3 is 0 Å². The van der Waals surface area contributed by atoms with Gasteiger partial charge in [0.15, 0.2) is 0 Å². The zero-order valence-corrected chi connectivity index (χ0v) is 15.9. The van der Waals surface area contributed by atoms with Gasteiger partial charge in [-0.05, 0) is 42.9 Å². The third-order valence-corrected chi connectivity index (χ3v) is 5.95. The molecule has 1 nitrogen and oxygen atoms in total. The van der Waals surface area contributed by atoms with Crippen LogP contribution in [0.5, 0.6) is 0 Å². The zero-order valence-electron chi connectivity index (χ0n) is 15.2. The first kappa shape index (κ1) is 17.9. The minimum atomic E-state index is 0.830. The van der Waals surface area contributed by atoms with Crippen molar-refractivity contribution in [2.75, 3.05) is 0 Å². The summed E-state index contributed by atoms with van der Waals surface area (Å²) in [5.74, 6) is 0.882. The number of halogens is 1. The van der Waals surface area contributed by atoms with Crippen LogP contribution >= 0.6 is 11.6 Å². The maximum atomic E-state index is 6.13. The second-order valence-corrected chi connectivity index (χ2v) is 8.08. The molecule has 1 heterocycles. The molecule has 1 aromatic carbocycles. The Morgan fingerprint density at radius 1 is 1.04 bits per heavy atom. The number of rotatable bonds is 9. The molecule has 1 aliphatic carbocycles. The third-order valence-electron chi connectivity index (χ3n) is 5.72. The van der Waals surface area contributed by atoms with Crippen molar-refractivity contribution >= 4 is 22.5 Å². The van der Waals surface area contributed by atoms with Crippen molar-refractivity contribution < 1.29 is 0 Å². The number of aromatic amines is 1. The van der Waals surface area contributed by atoms with Crippen LogP contribution in [-0.2, 0) is 12.8 Å². The van der Waals surface area contributed by atoms with Crippen LogP contribution in [0.25, 0.3) is 10.9 Å². The number of unbranched alkanes of at least 4 members (excludes halogenated alkanes) is 7. The van der Waals surface area contributed by atoms with Crippen molar-refractivity contribution in [1.82, 2.24) is 4.98 Å². The van der Waals surface area contributed by atoms with Gasteiger partial charge in [0.1, 0.15) is 0 Å². The van der Waals surface area contributed by atoms with Gasteiger partial charge < -0.3 is 4.98 Å². The van der Waals surface area contributed by atoms with E-state index < -0.39 is 0 Å². The molecule has 132 valence electrons. The summed E-state index contributed by atoms with van der Waals surface area (Å²) in [6.45, 7) is 2.29. The maximum absolute atomic E-state index is 6.13. The van der Waals surface area contributed by atoms with E-state index in [1.807, 2.05) is 6.07 Å². The molecule has 1 aromatic heterocycles. The summed E-state index contributed by atoms with van der Waals surface area (Å²) < 4.78 is 0. The molecule has 0 spiro atoms. The molecule has 0 bridgehead atoms. The number of benzene rings is 1. The van der Waals surface area contributed by atoms with E-state index in [9.17, 15) is 0 Å². The minimum Gasteiger partial charge on any atom is -0.358 e. The molecule has 0 saturated heterocycles. The smallest absolute Gasteiger partial charge is 0.0473 e. The highest BCUT2D eigenvalue weighted by Crippen LogP contribution is 2.34. The van der Waals surface area contributed by atoms with Gasteiger partial charge in [-0.15, -0.1) is 0 Å². The lowest BCUT2D eigenvalue weighted by Crippen LogP contribution is -2.13. The van der Waals surface area contributed by atoms with Gasteiger partial charge in [-0.2, -0.15) is 0 Å². The van der Waals surface area contributed by atoms with Crippen LogP contribution in [0.3, 0.4) is 0 Å². The Labute approximate surface area is 152 Å². The number of H-pyrrole nitrogens is 1. The Kier molecular flexibility index (Phi) is 6.66. The SMILES string of the molecule is CCCCCCCCCCC1CCc2[nH]c3cc(Cl)ccc3c2C1. The summed E-state index contributed by atoms with van der Waals surface area (Å²) >= 11 is 6.13. The summed E-state index contributed by atoms with van der Waals surface area (Å²) in [5, 5.41) is 2.23. The molecule has 1 aliphatic rings. The van der Waals surface area contributed by atoms with E-state index in [2.05, 4.69) is 24.0 Å². The Morgan fingerprint density at radius 2 is 1.79 bits per heavy atom. The van der Waals surface area contributed by atoms with Gasteiger partial charge in [0.05, 0.1) is 0 Å². The summed E-state index contributed by atoms with van der Waals surface area (Å²) in [6.07, 6.45) is 16.6. The van der Waals surface area contributed by atoms with Gasteiger partial charge in [0.2, 0.25) is 0 Å². The summed E-state index contributed by atoms with van der Waals surface area (Å²) in [6, 6.07) is 6.30. The van der Waals surface area contributed by atoms with Crippen LogP contribution in [0, 0.1) is 5.92 Å². The van der Waals surface area contributed by atoms with E-state index >= 15 is 0 Å². The molecule has 0 fully saturated rings. The lowest BCUT2D eigenvalue weighted by molar-refractivity contribution is 0.403. The molecule has 3 rings (SSSR count). The van der Waals surface area contributed by atoms with E-state index in [0.717, 1.165) is 10.9 Å². The number of nitrogens with one attached hydrogen (secondary N) is 1. The number of aromatic nitrogens is 1. The van der Waals surface area contributed by atoms with E-state index in [4.69, 9.17) is 11.6 Å². The van der Waals surface area contributed by atoms with E-state index in [0.29, 0.717) is 0 Å². The summed E-state index contributed by atoms with van der Waals surface area (Å²) in [4.78, 5) is 3.59. The van der Waals surface area contributed by atoms with E-state index in [1.165, 1.54) is 93.6 Å². The van der Waals surface area contributed by atoms with Crippen LogP contribution in [0.4, 0.5) is 0 Å². The number of hydrogen-bond donors (Lipinski definition) is 1. The van der Waals surface area contributed by atoms with Crippen LogP contribution in [0.15, 0.2) is 18.2 Å². The molecule has 1 atom stereocenters. The first-order valence-electron chi connectivity index (χ1n) is 10.1. The van der Waals surface area contributed by atoms with Gasteiger partial charge in [0, 0.05) is 21.6 Å². The molecule has 2 heteroatoms. The lowest BCUT2D eigenvalue weighted by atomic mass is 9.83. The van der Waals surface area contributed by atoms with Crippen LogP contribution in [-0.4, -0.2) is 4.98 Å². The molecule has 0 saturated carbocycles. The fraction of sp³-hybridized carbons (Fsp3) is 0.636. The summed E-state index contributed by atoms with van der Waals surface area (Å²) in [5.41, 5.74) is 4.25. The molecule has 1 unspecified atom stereocenters. The van der Waals surface area contributed by atoms with Crippen LogP contribution in [0.1, 0.15) is 82.4 Å². The minimum absolute atomic E-state index is 0.830. The van der Waals surface area contributed by atoms with Gasteiger partial charge in [-0.3, -0.25) is 0 Å². The predicted octanol–water partition coefficient (Wildman–Crippen LogP) is 7.46. The Hall–Kier alpha value is -0.950. The van der Waals surface area contributed by atoms with Crippen molar-refractivity contribution in [3.05, 3.63) is 34.5 Å². The molecule has 1 N–H and O–H groups in total. The normalized spacial score (nSPS) is 17.3. The third kappa shape index (κ3) is 4.57. The second kappa shape index (κ2) is 8.94. The van der Waals surface area contributed by atoms with E-state index in [1.54, 1.807) is 5.56 Å². The average molecular weight is 346 g/mol. The zero-order chi connectivity index (χ0) is 16.8. The Balaban J connectivity index is 1.43. The molecule has 2 aromatic rings. The highest BCUT2D eigenvalue weighted by molar-refractivity contribution is 6.31. The fourth-order valence-electron chi connectivity index (χ4n) is 4.28. The fourth-order valence-corrected chi connectivity index (χ4v) is 4.45. The first-order valence-corrected chi connectivity index (χ1v) is 10.4. The topological polar surface area (TPSA) is 15.8 Å². The number of fused-ring (bicyclic) bond motifs is 3.